The lowest BCUT2D eigenvalue weighted by atomic mass is 9.84. The van der Waals surface area contributed by atoms with Crippen molar-refractivity contribution in [3.63, 3.8) is 0 Å². The molecule has 0 saturated heterocycles. The highest BCUT2D eigenvalue weighted by Gasteiger charge is 2.30. The van der Waals surface area contributed by atoms with Crippen LogP contribution in [0.4, 0.5) is 0 Å². The molecular formula is C22H33NO5. The van der Waals surface area contributed by atoms with Crippen molar-refractivity contribution in [1.29, 1.82) is 0 Å². The second kappa shape index (κ2) is 10.2. The van der Waals surface area contributed by atoms with Crippen molar-refractivity contribution in [2.24, 2.45) is 17.3 Å². The molecule has 0 aliphatic heterocycles. The molecule has 28 heavy (non-hydrogen) atoms. The van der Waals surface area contributed by atoms with Crippen LogP contribution in [-0.2, 0) is 20.8 Å². The molecule has 1 amide bonds. The van der Waals surface area contributed by atoms with Gasteiger partial charge in [-0.25, -0.2) is 4.79 Å². The quantitative estimate of drug-likeness (QED) is 0.467. The summed E-state index contributed by atoms with van der Waals surface area (Å²) < 4.78 is 5.47. The Balaban J connectivity index is 2.73. The zero-order valence-electron chi connectivity index (χ0n) is 17.7. The monoisotopic (exact) mass is 391 g/mol. The van der Waals surface area contributed by atoms with E-state index in [0.29, 0.717) is 11.7 Å². The number of rotatable bonds is 10. The molecule has 0 aromatic heterocycles. The van der Waals surface area contributed by atoms with Gasteiger partial charge in [0.15, 0.2) is 0 Å². The van der Waals surface area contributed by atoms with E-state index in [-0.39, 0.29) is 30.6 Å². The summed E-state index contributed by atoms with van der Waals surface area (Å²) in [6.45, 7) is 11.6. The lowest BCUT2D eigenvalue weighted by molar-refractivity contribution is -0.144. The Hall–Kier alpha value is -2.37. The number of amides is 1. The molecule has 1 aromatic carbocycles. The van der Waals surface area contributed by atoms with E-state index in [9.17, 15) is 19.5 Å². The maximum atomic E-state index is 12.4. The van der Waals surface area contributed by atoms with Crippen LogP contribution in [0, 0.1) is 17.3 Å². The largest absolute Gasteiger partial charge is 0.480 e. The van der Waals surface area contributed by atoms with Crippen LogP contribution in [0.3, 0.4) is 0 Å². The van der Waals surface area contributed by atoms with Crippen molar-refractivity contribution in [3.8, 4) is 5.75 Å². The number of aliphatic carboxylic acids is 1. The molecule has 6 heteroatoms. The molecule has 0 heterocycles. The third-order valence-corrected chi connectivity index (χ3v) is 4.27. The van der Waals surface area contributed by atoms with Crippen LogP contribution >= 0.6 is 0 Å². The Morgan fingerprint density at radius 3 is 2.07 bits per heavy atom. The average Bonchev–Trinajstić information content (AvgIpc) is 2.53. The van der Waals surface area contributed by atoms with Gasteiger partial charge in [-0.15, -0.1) is 0 Å². The molecule has 1 atom stereocenters. The Kier molecular flexibility index (Phi) is 8.66. The predicted molar refractivity (Wildman–Crippen MR) is 108 cm³/mol. The number of hydrogen-bond donors (Lipinski definition) is 2. The van der Waals surface area contributed by atoms with Gasteiger partial charge in [0.2, 0.25) is 5.91 Å². The van der Waals surface area contributed by atoms with Gasteiger partial charge in [0.25, 0.3) is 0 Å². The van der Waals surface area contributed by atoms with E-state index >= 15 is 0 Å². The van der Waals surface area contributed by atoms with E-state index in [2.05, 4.69) is 19.2 Å². The van der Waals surface area contributed by atoms with Crippen molar-refractivity contribution in [1.82, 2.24) is 5.32 Å². The molecule has 0 aliphatic rings. The first-order valence-electron chi connectivity index (χ1n) is 9.74. The molecule has 1 rings (SSSR count). The summed E-state index contributed by atoms with van der Waals surface area (Å²) in [6.07, 6.45) is 1.16. The predicted octanol–water partition coefficient (Wildman–Crippen LogP) is 3.82. The van der Waals surface area contributed by atoms with Gasteiger partial charge in [-0.3, -0.25) is 9.59 Å². The van der Waals surface area contributed by atoms with Crippen LogP contribution in [-0.4, -0.2) is 29.0 Å². The van der Waals surface area contributed by atoms with E-state index in [0.717, 1.165) is 12.0 Å². The summed E-state index contributed by atoms with van der Waals surface area (Å²) in [6, 6.07) is 5.72. The number of carboxylic acid groups (broad SMARTS) is 1. The molecule has 0 saturated carbocycles. The second-order valence-electron chi connectivity index (χ2n) is 8.78. The van der Waals surface area contributed by atoms with Gasteiger partial charge in [0.1, 0.15) is 11.8 Å². The summed E-state index contributed by atoms with van der Waals surface area (Å²) >= 11 is 0. The number of carboxylic acids is 1. The highest BCUT2D eigenvalue weighted by Crippen LogP contribution is 2.28. The van der Waals surface area contributed by atoms with Crippen molar-refractivity contribution < 1.29 is 24.2 Å². The molecule has 156 valence electrons. The van der Waals surface area contributed by atoms with Crippen molar-refractivity contribution in [2.45, 2.75) is 66.8 Å². The molecular weight excluding hydrogens is 358 g/mol. The van der Waals surface area contributed by atoms with E-state index < -0.39 is 17.4 Å². The highest BCUT2D eigenvalue weighted by molar-refractivity contribution is 5.83. The van der Waals surface area contributed by atoms with E-state index in [1.165, 1.54) is 0 Å². The first kappa shape index (κ1) is 23.7. The van der Waals surface area contributed by atoms with Gasteiger partial charge in [-0.2, -0.15) is 0 Å². The molecule has 0 spiro atoms. The highest BCUT2D eigenvalue weighted by atomic mass is 16.5. The van der Waals surface area contributed by atoms with Crippen LogP contribution in [0.1, 0.15) is 59.9 Å². The molecule has 1 unspecified atom stereocenters. The van der Waals surface area contributed by atoms with Crippen LogP contribution < -0.4 is 10.1 Å². The Labute approximate surface area is 167 Å². The number of hydrogen-bond acceptors (Lipinski definition) is 4. The number of benzene rings is 1. The van der Waals surface area contributed by atoms with Crippen LogP contribution in [0.2, 0.25) is 0 Å². The van der Waals surface area contributed by atoms with Gasteiger partial charge in [0.05, 0.1) is 5.41 Å². The standard InChI is InChI=1S/C22H33NO5/c1-14(2)11-19(24)23-18(20(25)26)12-16-7-9-17(10-8-16)28-21(27)22(5,6)13-15(3)4/h7-10,14-15,18H,11-13H2,1-6H3,(H,23,24)(H,25,26). The Bertz CT molecular complexity index is 677. The van der Waals surface area contributed by atoms with E-state index in [1.807, 2.05) is 27.7 Å². The summed E-state index contributed by atoms with van der Waals surface area (Å²) in [4.78, 5) is 35.7. The van der Waals surface area contributed by atoms with Crippen LogP contribution in [0.15, 0.2) is 24.3 Å². The number of nitrogens with one attached hydrogen (secondary N) is 1. The topological polar surface area (TPSA) is 92.7 Å². The second-order valence-corrected chi connectivity index (χ2v) is 8.78. The molecule has 0 bridgehead atoms. The minimum Gasteiger partial charge on any atom is -0.480 e. The minimum absolute atomic E-state index is 0.156. The van der Waals surface area contributed by atoms with Crippen LogP contribution in [0.25, 0.3) is 0 Å². The fourth-order valence-electron chi connectivity index (χ4n) is 3.10. The fourth-order valence-corrected chi connectivity index (χ4v) is 3.10. The molecule has 0 fully saturated rings. The Morgan fingerprint density at radius 2 is 1.61 bits per heavy atom. The van der Waals surface area contributed by atoms with Gasteiger partial charge < -0.3 is 15.2 Å². The normalized spacial score (nSPS) is 12.7. The van der Waals surface area contributed by atoms with Gasteiger partial charge in [-0.05, 0) is 49.8 Å². The molecule has 0 aliphatic carbocycles. The first-order valence-corrected chi connectivity index (χ1v) is 9.74. The van der Waals surface area contributed by atoms with E-state index in [1.54, 1.807) is 24.3 Å². The fraction of sp³-hybridized carbons (Fsp3) is 0.591. The van der Waals surface area contributed by atoms with Crippen molar-refractivity contribution in [3.05, 3.63) is 29.8 Å². The molecule has 1 aromatic rings. The summed E-state index contributed by atoms with van der Waals surface area (Å²) in [5, 5.41) is 11.9. The molecule has 2 N–H and O–H groups in total. The molecule has 6 nitrogen and oxygen atoms in total. The maximum Gasteiger partial charge on any atom is 0.326 e. The number of carbonyl (C=O) groups is 3. The lowest BCUT2D eigenvalue weighted by Gasteiger charge is -2.24. The smallest absolute Gasteiger partial charge is 0.326 e. The number of carbonyl (C=O) groups excluding carboxylic acids is 2. The maximum absolute atomic E-state index is 12.4. The SMILES string of the molecule is CC(C)CC(=O)NC(Cc1ccc(OC(=O)C(C)(C)CC(C)C)cc1)C(=O)O. The summed E-state index contributed by atoms with van der Waals surface area (Å²) in [5.41, 5.74) is 0.153. The Morgan fingerprint density at radius 1 is 1.04 bits per heavy atom. The van der Waals surface area contributed by atoms with Gasteiger partial charge >= 0.3 is 11.9 Å². The van der Waals surface area contributed by atoms with Crippen molar-refractivity contribution in [2.75, 3.05) is 0 Å². The molecule has 0 radical (unpaired) electrons. The first-order chi connectivity index (χ1) is 12.9. The summed E-state index contributed by atoms with van der Waals surface area (Å²) in [5.74, 6) is -0.699. The lowest BCUT2D eigenvalue weighted by Crippen LogP contribution is -2.42. The third kappa shape index (κ3) is 8.11. The van der Waals surface area contributed by atoms with Crippen LogP contribution in [0.5, 0.6) is 5.75 Å². The zero-order chi connectivity index (χ0) is 21.5. The minimum atomic E-state index is -1.08. The third-order valence-electron chi connectivity index (χ3n) is 4.27. The van der Waals surface area contributed by atoms with Crippen molar-refractivity contribution >= 4 is 17.8 Å². The van der Waals surface area contributed by atoms with E-state index in [4.69, 9.17) is 4.74 Å². The summed E-state index contributed by atoms with van der Waals surface area (Å²) in [7, 11) is 0. The zero-order valence-corrected chi connectivity index (χ0v) is 17.7. The number of ether oxygens (including phenoxy) is 1. The van der Waals surface area contributed by atoms with Gasteiger partial charge in [0, 0.05) is 12.8 Å². The number of esters is 1. The van der Waals surface area contributed by atoms with Gasteiger partial charge in [-0.1, -0.05) is 39.8 Å². The average molecular weight is 392 g/mol.